The maximum absolute atomic E-state index is 12.8. The molecule has 8 nitrogen and oxygen atoms in total. The van der Waals surface area contributed by atoms with Crippen LogP contribution in [0.1, 0.15) is 5.89 Å². The second-order valence-electron chi connectivity index (χ2n) is 5.66. The van der Waals surface area contributed by atoms with Crippen molar-refractivity contribution in [3.8, 4) is 22.9 Å². The Morgan fingerprint density at radius 3 is 2.41 bits per heavy atom. The van der Waals surface area contributed by atoms with E-state index in [9.17, 15) is 8.42 Å². The van der Waals surface area contributed by atoms with Gasteiger partial charge in [0.05, 0.1) is 25.7 Å². The molecule has 0 bridgehead atoms. The van der Waals surface area contributed by atoms with Gasteiger partial charge in [0, 0.05) is 18.7 Å². The van der Waals surface area contributed by atoms with Crippen molar-refractivity contribution >= 4 is 10.0 Å². The number of aromatic nitrogens is 2. The second-order valence-corrected chi connectivity index (χ2v) is 7.70. The number of nitrogens with zero attached hydrogens (tertiary/aromatic N) is 3. The third-order valence-electron chi connectivity index (χ3n) is 3.92. The fourth-order valence-corrected chi connectivity index (χ4v) is 3.59. The Kier molecular flexibility index (Phi) is 5.43. The van der Waals surface area contributed by atoms with Gasteiger partial charge in [0.2, 0.25) is 21.7 Å². The highest BCUT2D eigenvalue weighted by Gasteiger charge is 2.24. The molecule has 0 saturated carbocycles. The lowest BCUT2D eigenvalue weighted by molar-refractivity contribution is 0.336. The summed E-state index contributed by atoms with van der Waals surface area (Å²) in [4.78, 5) is 4.33. The van der Waals surface area contributed by atoms with Crippen LogP contribution in [0.3, 0.4) is 0 Å². The normalized spacial score (nSPS) is 11.6. The van der Waals surface area contributed by atoms with Crippen LogP contribution >= 0.6 is 0 Å². The lowest BCUT2D eigenvalue weighted by Crippen LogP contribution is -2.26. The zero-order chi connectivity index (χ0) is 19.4. The number of methoxy groups -OCH3 is 2. The predicted octanol–water partition coefficient (Wildman–Crippen LogP) is 2.57. The van der Waals surface area contributed by atoms with E-state index >= 15 is 0 Å². The maximum atomic E-state index is 12.8. The summed E-state index contributed by atoms with van der Waals surface area (Å²) in [5.74, 6) is 1.38. The van der Waals surface area contributed by atoms with Gasteiger partial charge in [-0.25, -0.2) is 8.42 Å². The third kappa shape index (κ3) is 3.93. The molecule has 3 rings (SSSR count). The van der Waals surface area contributed by atoms with E-state index in [-0.39, 0.29) is 17.3 Å². The minimum absolute atomic E-state index is 0.0590. The molecule has 0 aliphatic carbocycles. The molecule has 3 aromatic rings. The molecule has 0 saturated heterocycles. The first-order valence-corrected chi connectivity index (χ1v) is 9.46. The van der Waals surface area contributed by atoms with Gasteiger partial charge in [-0.05, 0) is 12.1 Å². The Hall–Kier alpha value is -2.91. The van der Waals surface area contributed by atoms with Crippen molar-refractivity contribution < 1.29 is 22.4 Å². The molecule has 0 aliphatic rings. The van der Waals surface area contributed by atoms with Crippen LogP contribution in [0.4, 0.5) is 0 Å². The fourth-order valence-electron chi connectivity index (χ4n) is 2.46. The molecule has 1 heterocycles. The molecule has 0 atom stereocenters. The molecular formula is C18H19N3O5S. The average Bonchev–Trinajstić information content (AvgIpc) is 3.16. The molecule has 0 N–H and O–H groups in total. The van der Waals surface area contributed by atoms with Gasteiger partial charge in [0.25, 0.3) is 0 Å². The number of ether oxygens (including phenoxy) is 2. The molecule has 1 aromatic heterocycles. The van der Waals surface area contributed by atoms with Crippen LogP contribution in [0, 0.1) is 0 Å². The Morgan fingerprint density at radius 1 is 1.04 bits per heavy atom. The first kappa shape index (κ1) is 18.9. The summed E-state index contributed by atoms with van der Waals surface area (Å²) in [6.07, 6.45) is 0. The van der Waals surface area contributed by atoms with Crippen LogP contribution in [0.2, 0.25) is 0 Å². The zero-order valence-corrected chi connectivity index (χ0v) is 15.9. The van der Waals surface area contributed by atoms with Crippen molar-refractivity contribution in [2.75, 3.05) is 21.3 Å². The fraction of sp³-hybridized carbons (Fsp3) is 0.222. The van der Waals surface area contributed by atoms with Crippen molar-refractivity contribution in [2.24, 2.45) is 0 Å². The smallest absolute Gasteiger partial charge is 0.243 e. The summed E-state index contributed by atoms with van der Waals surface area (Å²) in [7, 11) is 0.593. The van der Waals surface area contributed by atoms with E-state index in [1.807, 2.05) is 30.3 Å². The van der Waals surface area contributed by atoms with Gasteiger partial charge in [-0.15, -0.1) is 0 Å². The van der Waals surface area contributed by atoms with Gasteiger partial charge in [-0.2, -0.15) is 9.29 Å². The van der Waals surface area contributed by atoms with Crippen LogP contribution in [-0.4, -0.2) is 44.1 Å². The Bertz CT molecular complexity index is 1020. The van der Waals surface area contributed by atoms with Crippen LogP contribution in [-0.2, 0) is 16.6 Å². The van der Waals surface area contributed by atoms with Gasteiger partial charge in [0.15, 0.2) is 11.5 Å². The highest BCUT2D eigenvalue weighted by molar-refractivity contribution is 7.89. The molecule has 142 valence electrons. The highest BCUT2D eigenvalue weighted by atomic mass is 32.2. The minimum atomic E-state index is -3.78. The van der Waals surface area contributed by atoms with E-state index in [1.54, 1.807) is 6.07 Å². The zero-order valence-electron chi connectivity index (χ0n) is 15.1. The molecule has 0 amide bonds. The van der Waals surface area contributed by atoms with Crippen LogP contribution in [0.15, 0.2) is 57.9 Å². The molecule has 0 radical (unpaired) electrons. The monoisotopic (exact) mass is 389 g/mol. The number of sulfonamides is 1. The standard InChI is InChI=1S/C18H19N3O5S/c1-21(12-17-19-18(20-26-17)13-7-5-4-6-8-13)27(22,23)14-9-10-15(24-2)16(11-14)25-3/h4-11H,12H2,1-3H3. The first-order chi connectivity index (χ1) is 13.0. The van der Waals surface area contributed by atoms with Gasteiger partial charge >= 0.3 is 0 Å². The van der Waals surface area contributed by atoms with Crippen molar-refractivity contribution in [1.82, 2.24) is 14.4 Å². The molecular weight excluding hydrogens is 370 g/mol. The van der Waals surface area contributed by atoms with Crippen molar-refractivity contribution in [3.05, 3.63) is 54.4 Å². The molecule has 0 spiro atoms. The summed E-state index contributed by atoms with van der Waals surface area (Å²) >= 11 is 0. The third-order valence-corrected chi connectivity index (χ3v) is 5.72. The second kappa shape index (κ2) is 7.77. The van der Waals surface area contributed by atoms with Crippen LogP contribution in [0.25, 0.3) is 11.4 Å². The van der Waals surface area contributed by atoms with Gasteiger partial charge in [-0.3, -0.25) is 0 Å². The van der Waals surface area contributed by atoms with E-state index in [0.29, 0.717) is 17.3 Å². The summed E-state index contributed by atoms with van der Waals surface area (Å²) < 4.78 is 42.3. The average molecular weight is 389 g/mol. The number of hydrogen-bond donors (Lipinski definition) is 0. The van der Waals surface area contributed by atoms with Crippen LogP contribution < -0.4 is 9.47 Å². The summed E-state index contributed by atoms with van der Waals surface area (Å²) in [6.45, 7) is -0.0590. The largest absolute Gasteiger partial charge is 0.493 e. The molecule has 2 aromatic carbocycles. The molecule has 0 aliphatic heterocycles. The van der Waals surface area contributed by atoms with E-state index in [4.69, 9.17) is 14.0 Å². The van der Waals surface area contributed by atoms with Gasteiger partial charge < -0.3 is 14.0 Å². The van der Waals surface area contributed by atoms with E-state index in [2.05, 4.69) is 10.1 Å². The van der Waals surface area contributed by atoms with Gasteiger partial charge in [0.1, 0.15) is 0 Å². The highest BCUT2D eigenvalue weighted by Crippen LogP contribution is 2.30. The topological polar surface area (TPSA) is 94.8 Å². The van der Waals surface area contributed by atoms with Crippen molar-refractivity contribution in [1.29, 1.82) is 0 Å². The molecule has 0 unspecified atom stereocenters. The number of hydrogen-bond acceptors (Lipinski definition) is 7. The molecule has 27 heavy (non-hydrogen) atoms. The minimum Gasteiger partial charge on any atom is -0.493 e. The summed E-state index contributed by atoms with van der Waals surface area (Å²) in [5, 5.41) is 3.90. The lowest BCUT2D eigenvalue weighted by Gasteiger charge is -2.16. The number of rotatable bonds is 7. The Balaban J connectivity index is 1.81. The quantitative estimate of drug-likeness (QED) is 0.613. The van der Waals surface area contributed by atoms with E-state index in [1.165, 1.54) is 33.4 Å². The van der Waals surface area contributed by atoms with E-state index < -0.39 is 10.0 Å². The maximum Gasteiger partial charge on any atom is 0.243 e. The summed E-state index contributed by atoms with van der Waals surface area (Å²) in [6, 6.07) is 13.7. The van der Waals surface area contributed by atoms with Crippen molar-refractivity contribution in [3.63, 3.8) is 0 Å². The first-order valence-electron chi connectivity index (χ1n) is 8.02. The summed E-state index contributed by atoms with van der Waals surface area (Å²) in [5.41, 5.74) is 0.790. The SMILES string of the molecule is COc1ccc(S(=O)(=O)N(C)Cc2nc(-c3ccccc3)no2)cc1OC. The Labute approximate surface area is 157 Å². The van der Waals surface area contributed by atoms with Crippen molar-refractivity contribution in [2.45, 2.75) is 11.4 Å². The van der Waals surface area contributed by atoms with Gasteiger partial charge in [-0.1, -0.05) is 35.5 Å². The molecule has 9 heteroatoms. The Morgan fingerprint density at radius 2 is 1.74 bits per heavy atom. The molecule has 0 fully saturated rings. The van der Waals surface area contributed by atoms with Crippen LogP contribution in [0.5, 0.6) is 11.5 Å². The predicted molar refractivity (Wildman–Crippen MR) is 97.9 cm³/mol. The number of benzene rings is 2. The van der Waals surface area contributed by atoms with E-state index in [0.717, 1.165) is 9.87 Å². The lowest BCUT2D eigenvalue weighted by atomic mass is 10.2.